The van der Waals surface area contributed by atoms with E-state index in [1.807, 2.05) is 42.6 Å². The third-order valence-corrected chi connectivity index (χ3v) is 8.27. The molecule has 8 heteroatoms. The molecule has 31 heavy (non-hydrogen) atoms. The van der Waals surface area contributed by atoms with Crippen molar-refractivity contribution in [1.82, 2.24) is 14.9 Å². The lowest BCUT2D eigenvalue weighted by atomic mass is 10.1. The number of aryl methyl sites for hydroxylation is 1. The Labute approximate surface area is 187 Å². The maximum absolute atomic E-state index is 12.5. The molecule has 0 saturated carbocycles. The zero-order valence-electron chi connectivity index (χ0n) is 17.5. The molecule has 4 rings (SSSR count). The molecule has 1 aliphatic heterocycles. The predicted molar refractivity (Wildman–Crippen MR) is 124 cm³/mol. The van der Waals surface area contributed by atoms with Gasteiger partial charge in [-0.15, -0.1) is 0 Å². The molecule has 0 radical (unpaired) electrons. The van der Waals surface area contributed by atoms with Gasteiger partial charge in [0.15, 0.2) is 15.0 Å². The molecule has 1 N–H and O–H groups in total. The molecule has 1 atom stereocenters. The van der Waals surface area contributed by atoms with Crippen molar-refractivity contribution in [2.75, 3.05) is 17.3 Å². The number of nitrogens with one attached hydrogen (secondary N) is 1. The highest BCUT2D eigenvalue weighted by Gasteiger charge is 2.29. The largest absolute Gasteiger partial charge is 0.352 e. The molecule has 2 heterocycles. The van der Waals surface area contributed by atoms with Gasteiger partial charge in [-0.1, -0.05) is 54.2 Å². The van der Waals surface area contributed by atoms with Gasteiger partial charge in [0.25, 0.3) is 0 Å². The van der Waals surface area contributed by atoms with Crippen LogP contribution in [0, 0.1) is 13.8 Å². The molecule has 1 unspecified atom stereocenters. The topological polar surface area (TPSA) is 81.1 Å². The van der Waals surface area contributed by atoms with Crippen molar-refractivity contribution in [2.45, 2.75) is 31.5 Å². The first-order valence-electron chi connectivity index (χ1n) is 10.2. The van der Waals surface area contributed by atoms with Gasteiger partial charge in [-0.2, -0.15) is 0 Å². The Balaban J connectivity index is 1.60. The quantitative estimate of drug-likeness (QED) is 0.575. The van der Waals surface area contributed by atoms with E-state index in [2.05, 4.69) is 40.8 Å². The Hall–Kier alpha value is -2.58. The monoisotopic (exact) mass is 455 g/mol. The van der Waals surface area contributed by atoms with E-state index in [9.17, 15) is 13.2 Å². The number of benzene rings is 2. The van der Waals surface area contributed by atoms with Crippen molar-refractivity contribution in [3.8, 4) is 16.9 Å². The lowest BCUT2D eigenvalue weighted by Crippen LogP contribution is -2.36. The van der Waals surface area contributed by atoms with Gasteiger partial charge in [-0.25, -0.2) is 13.4 Å². The summed E-state index contributed by atoms with van der Waals surface area (Å²) in [7, 11) is -3.03. The number of imidazole rings is 1. The third kappa shape index (κ3) is 4.85. The van der Waals surface area contributed by atoms with Crippen molar-refractivity contribution in [3.63, 3.8) is 0 Å². The molecule has 1 fully saturated rings. The summed E-state index contributed by atoms with van der Waals surface area (Å²) in [5.41, 5.74) is 5.37. The van der Waals surface area contributed by atoms with Gasteiger partial charge in [0, 0.05) is 11.6 Å². The summed E-state index contributed by atoms with van der Waals surface area (Å²) in [5, 5.41) is 3.57. The van der Waals surface area contributed by atoms with Crippen LogP contribution in [0.2, 0.25) is 0 Å². The number of aromatic nitrogens is 2. The van der Waals surface area contributed by atoms with E-state index in [1.54, 1.807) is 0 Å². The molecular formula is C23H25N3O3S2. The highest BCUT2D eigenvalue weighted by atomic mass is 32.2. The van der Waals surface area contributed by atoms with E-state index < -0.39 is 9.84 Å². The smallest absolute Gasteiger partial charge is 0.230 e. The van der Waals surface area contributed by atoms with E-state index in [4.69, 9.17) is 0 Å². The molecule has 6 nitrogen and oxygen atoms in total. The first kappa shape index (κ1) is 21.6. The normalized spacial score (nSPS) is 17.5. The second-order valence-corrected chi connectivity index (χ2v) is 11.0. The number of hydrogen-bond donors (Lipinski definition) is 1. The SMILES string of the molecule is Cc1cccc(-n2c(-c3ccccc3)cnc2SCC(=O)NC2CCS(=O)(=O)C2)c1C. The van der Waals surface area contributed by atoms with Crippen molar-refractivity contribution < 1.29 is 13.2 Å². The van der Waals surface area contributed by atoms with E-state index in [0.717, 1.165) is 27.7 Å². The van der Waals surface area contributed by atoms with Crippen LogP contribution in [-0.4, -0.2) is 47.2 Å². The molecule has 0 bridgehead atoms. The van der Waals surface area contributed by atoms with E-state index >= 15 is 0 Å². The summed E-state index contributed by atoms with van der Waals surface area (Å²) in [6, 6.07) is 15.9. The molecule has 1 saturated heterocycles. The van der Waals surface area contributed by atoms with Crippen LogP contribution in [0.15, 0.2) is 59.9 Å². The first-order chi connectivity index (χ1) is 14.8. The fraction of sp³-hybridized carbons (Fsp3) is 0.304. The summed E-state index contributed by atoms with van der Waals surface area (Å²) in [4.78, 5) is 17.1. The van der Waals surface area contributed by atoms with Crippen molar-refractivity contribution in [3.05, 3.63) is 65.9 Å². The zero-order valence-corrected chi connectivity index (χ0v) is 19.2. The van der Waals surface area contributed by atoms with Crippen LogP contribution in [0.25, 0.3) is 16.9 Å². The molecule has 162 valence electrons. The van der Waals surface area contributed by atoms with Gasteiger partial charge in [0.2, 0.25) is 5.91 Å². The zero-order chi connectivity index (χ0) is 22.0. The summed E-state index contributed by atoms with van der Waals surface area (Å²) in [5.74, 6) is 0.164. The van der Waals surface area contributed by atoms with Crippen molar-refractivity contribution in [2.24, 2.45) is 0 Å². The minimum absolute atomic E-state index is 0.0265. The number of thioether (sulfide) groups is 1. The Morgan fingerprint density at radius 3 is 2.65 bits per heavy atom. The molecule has 0 aliphatic carbocycles. The Morgan fingerprint density at radius 1 is 1.16 bits per heavy atom. The summed E-state index contributed by atoms with van der Waals surface area (Å²) in [6.45, 7) is 4.16. The number of carbonyl (C=O) groups excluding carboxylic acids is 1. The average Bonchev–Trinajstić information content (AvgIpc) is 3.31. The fourth-order valence-electron chi connectivity index (χ4n) is 3.77. The number of amides is 1. The van der Waals surface area contributed by atoms with E-state index in [1.165, 1.54) is 17.3 Å². The number of nitrogens with zero attached hydrogens (tertiary/aromatic N) is 2. The standard InChI is InChI=1S/C23H25N3O3S2/c1-16-7-6-10-20(17(16)2)26-21(18-8-4-3-5-9-18)13-24-23(26)30-14-22(27)25-19-11-12-31(28,29)15-19/h3-10,13,19H,11-12,14-15H2,1-2H3,(H,25,27). The predicted octanol–water partition coefficient (Wildman–Crippen LogP) is 3.55. The Morgan fingerprint density at radius 2 is 1.94 bits per heavy atom. The summed E-state index contributed by atoms with van der Waals surface area (Å²) >= 11 is 1.35. The molecular weight excluding hydrogens is 430 g/mol. The highest BCUT2D eigenvalue weighted by Crippen LogP contribution is 2.32. The fourth-order valence-corrected chi connectivity index (χ4v) is 6.24. The van der Waals surface area contributed by atoms with Gasteiger partial charge in [-0.05, 0) is 37.5 Å². The van der Waals surface area contributed by atoms with Crippen LogP contribution in [-0.2, 0) is 14.6 Å². The van der Waals surface area contributed by atoms with Gasteiger partial charge in [0.05, 0.1) is 34.8 Å². The minimum Gasteiger partial charge on any atom is -0.352 e. The maximum atomic E-state index is 12.5. The third-order valence-electron chi connectivity index (χ3n) is 5.55. The first-order valence-corrected chi connectivity index (χ1v) is 13.0. The molecule has 3 aromatic rings. The summed E-state index contributed by atoms with van der Waals surface area (Å²) in [6.07, 6.45) is 2.31. The van der Waals surface area contributed by atoms with Crippen LogP contribution in [0.4, 0.5) is 0 Å². The molecule has 1 aromatic heterocycles. The van der Waals surface area contributed by atoms with Crippen LogP contribution in [0.3, 0.4) is 0 Å². The minimum atomic E-state index is -3.03. The van der Waals surface area contributed by atoms with Crippen LogP contribution >= 0.6 is 11.8 Å². The molecule has 1 amide bonds. The van der Waals surface area contributed by atoms with Gasteiger partial charge in [0.1, 0.15) is 0 Å². The average molecular weight is 456 g/mol. The van der Waals surface area contributed by atoms with Crippen LogP contribution in [0.1, 0.15) is 17.5 Å². The van der Waals surface area contributed by atoms with Crippen molar-refractivity contribution >= 4 is 27.5 Å². The van der Waals surface area contributed by atoms with E-state index in [0.29, 0.717) is 6.42 Å². The lowest BCUT2D eigenvalue weighted by Gasteiger charge is -2.16. The number of rotatable bonds is 6. The summed E-state index contributed by atoms with van der Waals surface area (Å²) < 4.78 is 25.4. The van der Waals surface area contributed by atoms with Gasteiger partial charge in [-0.3, -0.25) is 9.36 Å². The number of sulfone groups is 1. The Bertz CT molecular complexity index is 1200. The second-order valence-electron chi connectivity index (χ2n) is 7.80. The van der Waals surface area contributed by atoms with Crippen LogP contribution in [0.5, 0.6) is 0 Å². The van der Waals surface area contributed by atoms with Crippen molar-refractivity contribution in [1.29, 1.82) is 0 Å². The Kier molecular flexibility index (Phi) is 6.20. The van der Waals surface area contributed by atoms with Crippen LogP contribution < -0.4 is 5.32 Å². The highest BCUT2D eigenvalue weighted by molar-refractivity contribution is 7.99. The maximum Gasteiger partial charge on any atom is 0.230 e. The molecule has 0 spiro atoms. The second kappa shape index (κ2) is 8.88. The number of carbonyl (C=O) groups is 1. The van der Waals surface area contributed by atoms with E-state index in [-0.39, 0.29) is 29.2 Å². The molecule has 2 aromatic carbocycles. The number of hydrogen-bond acceptors (Lipinski definition) is 5. The van der Waals surface area contributed by atoms with Gasteiger partial charge < -0.3 is 5.32 Å². The molecule has 1 aliphatic rings. The lowest BCUT2D eigenvalue weighted by molar-refractivity contribution is -0.119. The van der Waals surface area contributed by atoms with Gasteiger partial charge >= 0.3 is 0 Å².